The average molecular weight is 181 g/mol. The zero-order valence-corrected chi connectivity index (χ0v) is 8.90. The van der Waals surface area contributed by atoms with Crippen LogP contribution in [-0.2, 0) is 4.79 Å². The van der Waals surface area contributed by atoms with Crippen LogP contribution >= 0.6 is 0 Å². The predicted molar refractivity (Wildman–Crippen MR) is 54.3 cm³/mol. The Morgan fingerprint density at radius 1 is 1.58 bits per heavy atom. The van der Waals surface area contributed by atoms with Crippen LogP contribution in [0.25, 0.3) is 0 Å². The van der Waals surface area contributed by atoms with Gasteiger partial charge in [0.1, 0.15) is 8.07 Å². The first-order valence-electron chi connectivity index (χ1n) is 3.86. The van der Waals surface area contributed by atoms with E-state index in [0.29, 0.717) is 6.54 Å². The van der Waals surface area contributed by atoms with E-state index in [1.54, 1.807) is 0 Å². The molecule has 66 valence electrons. The molecule has 0 aromatic rings. The van der Waals surface area contributed by atoms with Gasteiger partial charge in [0.05, 0.1) is 6.54 Å². The lowest BCUT2D eigenvalue weighted by molar-refractivity contribution is -0.116. The molecule has 3 heteroatoms. The number of carbonyl (C=O) groups excluding carboxylic acids is 1. The molecule has 0 unspecified atom stereocenters. The fraction of sp³-hybridized carbons (Fsp3) is 0.444. The fourth-order valence-corrected chi connectivity index (χ4v) is 1.13. The van der Waals surface area contributed by atoms with Crippen molar-refractivity contribution >= 4 is 14.0 Å². The molecule has 12 heavy (non-hydrogen) atoms. The molecule has 0 rings (SSSR count). The first-order chi connectivity index (χ1) is 5.45. The van der Waals surface area contributed by atoms with Gasteiger partial charge in [0.15, 0.2) is 0 Å². The Bertz CT molecular complexity index is 229. The number of rotatable bonds is 2. The molecule has 0 fully saturated rings. The zero-order valence-electron chi connectivity index (χ0n) is 7.90. The standard InChI is InChI=1S/C9H15NOSi/c1-5-9(11)10-7-6-8-12(2,3)4/h5H,1,7H2,2-4H3,(H,10,11). The van der Waals surface area contributed by atoms with Crippen LogP contribution in [0.2, 0.25) is 19.6 Å². The summed E-state index contributed by atoms with van der Waals surface area (Å²) in [6.07, 6.45) is 1.25. The summed E-state index contributed by atoms with van der Waals surface area (Å²) in [4.78, 5) is 10.7. The van der Waals surface area contributed by atoms with E-state index in [1.165, 1.54) is 6.08 Å². The van der Waals surface area contributed by atoms with Gasteiger partial charge in [-0.1, -0.05) is 32.1 Å². The van der Waals surface area contributed by atoms with E-state index in [4.69, 9.17) is 0 Å². The molecule has 0 bridgehead atoms. The molecule has 0 spiro atoms. The minimum Gasteiger partial charge on any atom is -0.342 e. The molecule has 1 amide bonds. The molecule has 0 aromatic carbocycles. The van der Waals surface area contributed by atoms with Crippen molar-refractivity contribution in [3.63, 3.8) is 0 Å². The summed E-state index contributed by atoms with van der Waals surface area (Å²) in [5.41, 5.74) is 3.14. The summed E-state index contributed by atoms with van der Waals surface area (Å²) in [6.45, 7) is 10.2. The molecule has 0 aliphatic rings. The highest BCUT2D eigenvalue weighted by Crippen LogP contribution is 1.95. The van der Waals surface area contributed by atoms with E-state index < -0.39 is 8.07 Å². The van der Waals surface area contributed by atoms with E-state index in [0.717, 1.165) is 0 Å². The monoisotopic (exact) mass is 181 g/mol. The number of carbonyl (C=O) groups is 1. The Hall–Kier alpha value is -1.01. The van der Waals surface area contributed by atoms with Crippen molar-refractivity contribution in [2.75, 3.05) is 6.54 Å². The quantitative estimate of drug-likeness (QED) is 0.387. The van der Waals surface area contributed by atoms with Crippen LogP contribution in [0.1, 0.15) is 0 Å². The first kappa shape index (κ1) is 11.0. The number of nitrogens with one attached hydrogen (secondary N) is 1. The van der Waals surface area contributed by atoms with Crippen LogP contribution in [-0.4, -0.2) is 20.5 Å². The number of amides is 1. The van der Waals surface area contributed by atoms with Gasteiger partial charge in [-0.3, -0.25) is 4.79 Å². The van der Waals surface area contributed by atoms with Crippen LogP contribution in [0, 0.1) is 11.5 Å². The van der Waals surface area contributed by atoms with Gasteiger partial charge in [0.25, 0.3) is 0 Å². The van der Waals surface area contributed by atoms with E-state index in [1.807, 2.05) is 0 Å². The van der Waals surface area contributed by atoms with Gasteiger partial charge >= 0.3 is 0 Å². The molecular formula is C9H15NOSi. The zero-order chi connectivity index (χ0) is 9.61. The lowest BCUT2D eigenvalue weighted by Crippen LogP contribution is -2.22. The maximum absolute atomic E-state index is 10.7. The van der Waals surface area contributed by atoms with E-state index >= 15 is 0 Å². The SMILES string of the molecule is C=CC(=O)NCC#C[Si](C)(C)C. The summed E-state index contributed by atoms with van der Waals surface area (Å²) in [6, 6.07) is 0. The Kier molecular flexibility index (Phi) is 4.38. The van der Waals surface area contributed by atoms with E-state index in [9.17, 15) is 4.79 Å². The minimum absolute atomic E-state index is 0.167. The van der Waals surface area contributed by atoms with Crippen LogP contribution < -0.4 is 5.32 Å². The van der Waals surface area contributed by atoms with Gasteiger partial charge < -0.3 is 5.32 Å². The number of hydrogen-bond acceptors (Lipinski definition) is 1. The maximum Gasteiger partial charge on any atom is 0.244 e. The van der Waals surface area contributed by atoms with Gasteiger partial charge in [-0.05, 0) is 6.08 Å². The fourth-order valence-electron chi connectivity index (χ4n) is 0.513. The van der Waals surface area contributed by atoms with Crippen LogP contribution in [0.15, 0.2) is 12.7 Å². The maximum atomic E-state index is 10.7. The third kappa shape index (κ3) is 7.10. The van der Waals surface area contributed by atoms with Crippen molar-refractivity contribution in [3.05, 3.63) is 12.7 Å². The van der Waals surface area contributed by atoms with Crippen molar-refractivity contribution in [3.8, 4) is 11.5 Å². The Morgan fingerprint density at radius 3 is 2.58 bits per heavy atom. The molecular weight excluding hydrogens is 166 g/mol. The Morgan fingerprint density at radius 2 is 2.17 bits per heavy atom. The van der Waals surface area contributed by atoms with Crippen molar-refractivity contribution < 1.29 is 4.79 Å². The van der Waals surface area contributed by atoms with Crippen LogP contribution in [0.3, 0.4) is 0 Å². The Balaban J connectivity index is 3.74. The second-order valence-corrected chi connectivity index (χ2v) is 8.22. The minimum atomic E-state index is -1.28. The molecule has 0 aliphatic carbocycles. The molecule has 0 atom stereocenters. The summed E-state index contributed by atoms with van der Waals surface area (Å²) in [7, 11) is -1.28. The first-order valence-corrected chi connectivity index (χ1v) is 7.36. The van der Waals surface area contributed by atoms with Crippen molar-refractivity contribution in [2.45, 2.75) is 19.6 Å². The second kappa shape index (κ2) is 4.78. The lowest BCUT2D eigenvalue weighted by atomic mass is 10.5. The third-order valence-electron chi connectivity index (χ3n) is 1.000. The molecule has 0 aliphatic heterocycles. The van der Waals surface area contributed by atoms with Gasteiger partial charge in [0.2, 0.25) is 5.91 Å². The molecule has 0 aromatic heterocycles. The molecule has 0 saturated carbocycles. The summed E-state index contributed by atoms with van der Waals surface area (Å²) in [5.74, 6) is 2.76. The van der Waals surface area contributed by atoms with Crippen molar-refractivity contribution in [2.24, 2.45) is 0 Å². The number of hydrogen-bond donors (Lipinski definition) is 1. The highest BCUT2D eigenvalue weighted by Gasteiger charge is 2.06. The molecule has 0 saturated heterocycles. The predicted octanol–water partition coefficient (Wildman–Crippen LogP) is 1.17. The highest BCUT2D eigenvalue weighted by molar-refractivity contribution is 6.83. The topological polar surface area (TPSA) is 29.1 Å². The van der Waals surface area contributed by atoms with Gasteiger partial charge in [-0.2, -0.15) is 0 Å². The normalized spacial score (nSPS) is 9.58. The molecule has 0 radical (unpaired) electrons. The van der Waals surface area contributed by atoms with Crippen LogP contribution in [0.5, 0.6) is 0 Å². The average Bonchev–Trinajstić information content (AvgIpc) is 1.96. The van der Waals surface area contributed by atoms with Crippen molar-refractivity contribution in [1.29, 1.82) is 0 Å². The van der Waals surface area contributed by atoms with Crippen molar-refractivity contribution in [1.82, 2.24) is 5.32 Å². The summed E-state index contributed by atoms with van der Waals surface area (Å²) in [5, 5.41) is 2.60. The largest absolute Gasteiger partial charge is 0.342 e. The van der Waals surface area contributed by atoms with E-state index in [2.05, 4.69) is 43.0 Å². The second-order valence-electron chi connectivity index (χ2n) is 3.47. The lowest BCUT2D eigenvalue weighted by Gasteiger charge is -2.03. The summed E-state index contributed by atoms with van der Waals surface area (Å²) >= 11 is 0. The highest BCUT2D eigenvalue weighted by atomic mass is 28.3. The molecule has 2 nitrogen and oxygen atoms in total. The van der Waals surface area contributed by atoms with Gasteiger partial charge in [-0.25, -0.2) is 0 Å². The Labute approximate surface area is 75.1 Å². The van der Waals surface area contributed by atoms with E-state index in [-0.39, 0.29) is 5.91 Å². The summed E-state index contributed by atoms with van der Waals surface area (Å²) < 4.78 is 0. The van der Waals surface area contributed by atoms with Gasteiger partial charge in [-0.15, -0.1) is 5.54 Å². The molecule has 0 heterocycles. The third-order valence-corrected chi connectivity index (χ3v) is 1.93. The van der Waals surface area contributed by atoms with Crippen LogP contribution in [0.4, 0.5) is 0 Å². The molecule has 1 N–H and O–H groups in total. The van der Waals surface area contributed by atoms with Gasteiger partial charge in [0, 0.05) is 0 Å². The smallest absolute Gasteiger partial charge is 0.244 e.